The van der Waals surface area contributed by atoms with Gasteiger partial charge in [0, 0.05) is 33.0 Å². The molecule has 0 aliphatic heterocycles. The summed E-state index contributed by atoms with van der Waals surface area (Å²) < 4.78 is 6.68. The Hall–Kier alpha value is -8.21. The molecule has 0 bridgehead atoms. The lowest BCUT2D eigenvalue weighted by atomic mass is 9.84. The molecule has 11 rings (SSSR count). The molecule has 0 aliphatic carbocycles. The van der Waals surface area contributed by atoms with E-state index in [0.29, 0.717) is 17.5 Å². The first-order valence-corrected chi connectivity index (χ1v) is 20.5. The van der Waals surface area contributed by atoms with E-state index in [1.165, 1.54) is 0 Å². The SMILES string of the molecule is c1ccc(-c2cc(-c3cccc(-c4ccc(-c5nc(-c6ccccc6)nc(-c6ccccc6)n5)cc4)c3)c(-c3ccccc3)c(-c3cccc4c3oc3ccccc34)c2)cc1. The van der Waals surface area contributed by atoms with Gasteiger partial charge in [-0.05, 0) is 74.3 Å². The third-order valence-electron chi connectivity index (χ3n) is 11.4. The standard InChI is InChI=1S/C57H37N3O/c1-5-17-38(18-6-1)46-36-50(53(40-19-7-2-8-20-40)51(37-46)49-29-16-28-48-47-27-13-14-30-52(47)61-54(48)49)45-26-15-25-44(35-45)39-31-33-43(34-32-39)57-59-55(41-21-9-3-10-22-41)58-56(60-57)42-23-11-4-12-24-42/h1-37H. The number of para-hydroxylation sites is 2. The monoisotopic (exact) mass is 779 g/mol. The second-order valence-electron chi connectivity index (χ2n) is 15.2. The van der Waals surface area contributed by atoms with Gasteiger partial charge in [-0.2, -0.15) is 0 Å². The van der Waals surface area contributed by atoms with Crippen molar-refractivity contribution in [1.82, 2.24) is 15.0 Å². The molecule has 61 heavy (non-hydrogen) atoms. The third-order valence-corrected chi connectivity index (χ3v) is 11.4. The van der Waals surface area contributed by atoms with Crippen LogP contribution in [0.15, 0.2) is 229 Å². The molecule has 0 unspecified atom stereocenters. The summed E-state index contributed by atoms with van der Waals surface area (Å²) in [5, 5.41) is 2.22. The molecule has 0 amide bonds. The fraction of sp³-hybridized carbons (Fsp3) is 0. The fourth-order valence-electron chi connectivity index (χ4n) is 8.37. The summed E-state index contributed by atoms with van der Waals surface area (Å²) in [5.41, 5.74) is 15.8. The molecule has 2 heterocycles. The molecule has 4 nitrogen and oxygen atoms in total. The highest BCUT2D eigenvalue weighted by Gasteiger charge is 2.21. The lowest BCUT2D eigenvalue weighted by Crippen LogP contribution is -2.00. The van der Waals surface area contributed by atoms with E-state index in [2.05, 4.69) is 158 Å². The van der Waals surface area contributed by atoms with Crippen LogP contribution in [0.1, 0.15) is 0 Å². The van der Waals surface area contributed by atoms with Gasteiger partial charge in [0.25, 0.3) is 0 Å². The second-order valence-corrected chi connectivity index (χ2v) is 15.2. The predicted octanol–water partition coefficient (Wildman–Crippen LogP) is 15.1. The Labute approximate surface area is 354 Å². The molecular weight excluding hydrogens is 743 g/mol. The molecule has 2 aromatic heterocycles. The van der Waals surface area contributed by atoms with Gasteiger partial charge in [0.2, 0.25) is 0 Å². The highest BCUT2D eigenvalue weighted by Crippen LogP contribution is 2.46. The Morgan fingerprint density at radius 3 is 1.34 bits per heavy atom. The quantitative estimate of drug-likeness (QED) is 0.154. The predicted molar refractivity (Wildman–Crippen MR) is 251 cm³/mol. The lowest BCUT2D eigenvalue weighted by Gasteiger charge is -2.20. The molecule has 0 spiro atoms. The zero-order valence-electron chi connectivity index (χ0n) is 33.1. The van der Waals surface area contributed by atoms with Crippen molar-refractivity contribution in [2.24, 2.45) is 0 Å². The Morgan fingerprint density at radius 1 is 0.262 bits per heavy atom. The number of hydrogen-bond acceptors (Lipinski definition) is 4. The maximum Gasteiger partial charge on any atom is 0.164 e. The van der Waals surface area contributed by atoms with E-state index in [0.717, 1.165) is 94.3 Å². The van der Waals surface area contributed by atoms with Crippen LogP contribution < -0.4 is 0 Å². The fourth-order valence-corrected chi connectivity index (χ4v) is 8.37. The smallest absolute Gasteiger partial charge is 0.164 e. The summed E-state index contributed by atoms with van der Waals surface area (Å²) in [6.45, 7) is 0. The van der Waals surface area contributed by atoms with Crippen LogP contribution in [0.2, 0.25) is 0 Å². The van der Waals surface area contributed by atoms with E-state index in [1.54, 1.807) is 0 Å². The van der Waals surface area contributed by atoms with Crippen LogP contribution in [0, 0.1) is 0 Å². The molecule has 0 aliphatic rings. The van der Waals surface area contributed by atoms with Crippen LogP contribution in [0.5, 0.6) is 0 Å². The minimum absolute atomic E-state index is 0.630. The Morgan fingerprint density at radius 2 is 0.705 bits per heavy atom. The molecule has 0 radical (unpaired) electrons. The Balaban J connectivity index is 1.06. The number of rotatable bonds is 8. The van der Waals surface area contributed by atoms with Crippen molar-refractivity contribution in [2.45, 2.75) is 0 Å². The highest BCUT2D eigenvalue weighted by atomic mass is 16.3. The molecule has 0 atom stereocenters. The van der Waals surface area contributed by atoms with Gasteiger partial charge in [-0.1, -0.05) is 200 Å². The third kappa shape index (κ3) is 6.86. The molecule has 11 aromatic rings. The zero-order chi connectivity index (χ0) is 40.5. The number of hydrogen-bond donors (Lipinski definition) is 0. The van der Waals surface area contributed by atoms with Gasteiger partial charge in [0.05, 0.1) is 0 Å². The van der Waals surface area contributed by atoms with Crippen LogP contribution in [-0.4, -0.2) is 15.0 Å². The van der Waals surface area contributed by atoms with Gasteiger partial charge in [-0.15, -0.1) is 0 Å². The van der Waals surface area contributed by atoms with Gasteiger partial charge >= 0.3 is 0 Å². The average Bonchev–Trinajstić information content (AvgIpc) is 3.74. The lowest BCUT2D eigenvalue weighted by molar-refractivity contribution is 0.670. The molecule has 286 valence electrons. The maximum absolute atomic E-state index is 6.68. The maximum atomic E-state index is 6.68. The van der Waals surface area contributed by atoms with Crippen LogP contribution in [-0.2, 0) is 0 Å². The van der Waals surface area contributed by atoms with Crippen LogP contribution in [0.25, 0.3) is 112 Å². The molecule has 9 aromatic carbocycles. The van der Waals surface area contributed by atoms with E-state index >= 15 is 0 Å². The summed E-state index contributed by atoms with van der Waals surface area (Å²) in [6.07, 6.45) is 0. The van der Waals surface area contributed by atoms with Crippen LogP contribution in [0.4, 0.5) is 0 Å². The molecule has 0 saturated heterocycles. The number of aromatic nitrogens is 3. The van der Waals surface area contributed by atoms with Gasteiger partial charge in [-0.25, -0.2) is 15.0 Å². The number of furan rings is 1. The topological polar surface area (TPSA) is 51.8 Å². The van der Waals surface area contributed by atoms with Gasteiger partial charge in [-0.3, -0.25) is 0 Å². The first-order chi connectivity index (χ1) is 30.2. The van der Waals surface area contributed by atoms with E-state index in [4.69, 9.17) is 19.4 Å². The highest BCUT2D eigenvalue weighted by molar-refractivity contribution is 6.12. The van der Waals surface area contributed by atoms with Crippen molar-refractivity contribution in [3.63, 3.8) is 0 Å². The van der Waals surface area contributed by atoms with Crippen molar-refractivity contribution < 1.29 is 4.42 Å². The van der Waals surface area contributed by atoms with Crippen molar-refractivity contribution in [3.05, 3.63) is 224 Å². The molecule has 0 N–H and O–H groups in total. The largest absolute Gasteiger partial charge is 0.455 e. The first kappa shape index (κ1) is 35.9. The number of fused-ring (bicyclic) bond motifs is 3. The summed E-state index contributed by atoms with van der Waals surface area (Å²) in [4.78, 5) is 14.8. The first-order valence-electron chi connectivity index (χ1n) is 20.5. The normalized spacial score (nSPS) is 11.3. The van der Waals surface area contributed by atoms with E-state index in [9.17, 15) is 0 Å². The minimum atomic E-state index is 0.630. The van der Waals surface area contributed by atoms with E-state index in [1.807, 2.05) is 66.7 Å². The van der Waals surface area contributed by atoms with E-state index in [-0.39, 0.29) is 0 Å². The zero-order valence-corrected chi connectivity index (χ0v) is 33.1. The minimum Gasteiger partial charge on any atom is -0.455 e. The second kappa shape index (κ2) is 15.5. The molecule has 0 fully saturated rings. The Bertz CT molecular complexity index is 3270. The molecule has 4 heteroatoms. The molecule has 0 saturated carbocycles. The summed E-state index contributed by atoms with van der Waals surface area (Å²) in [5.74, 6) is 1.92. The summed E-state index contributed by atoms with van der Waals surface area (Å²) >= 11 is 0. The van der Waals surface area contributed by atoms with Crippen molar-refractivity contribution >= 4 is 21.9 Å². The van der Waals surface area contributed by atoms with Crippen molar-refractivity contribution in [1.29, 1.82) is 0 Å². The molecular formula is C57H37N3O. The van der Waals surface area contributed by atoms with Gasteiger partial charge in [0.15, 0.2) is 17.5 Å². The van der Waals surface area contributed by atoms with Gasteiger partial charge < -0.3 is 4.42 Å². The van der Waals surface area contributed by atoms with Crippen LogP contribution in [0.3, 0.4) is 0 Å². The Kier molecular flexibility index (Phi) is 9.14. The summed E-state index contributed by atoms with van der Waals surface area (Å²) in [6, 6.07) is 78.4. The van der Waals surface area contributed by atoms with Crippen LogP contribution >= 0.6 is 0 Å². The number of benzene rings is 9. The van der Waals surface area contributed by atoms with Crippen molar-refractivity contribution in [3.8, 4) is 89.8 Å². The van der Waals surface area contributed by atoms with Crippen molar-refractivity contribution in [2.75, 3.05) is 0 Å². The number of nitrogens with zero attached hydrogens (tertiary/aromatic N) is 3. The average molecular weight is 780 g/mol. The summed E-state index contributed by atoms with van der Waals surface area (Å²) in [7, 11) is 0. The van der Waals surface area contributed by atoms with E-state index < -0.39 is 0 Å². The van der Waals surface area contributed by atoms with Gasteiger partial charge in [0.1, 0.15) is 11.2 Å².